The zero-order valence-electron chi connectivity index (χ0n) is 13.6. The molecule has 0 unspecified atom stereocenters. The average molecular weight is 333 g/mol. The van der Waals surface area contributed by atoms with Crippen LogP contribution in [0.1, 0.15) is 29.8 Å². The number of nitrogens with zero attached hydrogens (tertiary/aromatic N) is 1. The Balaban J connectivity index is 2.26. The highest BCUT2D eigenvalue weighted by molar-refractivity contribution is 5.94. The van der Waals surface area contributed by atoms with Gasteiger partial charge < -0.3 is 20.7 Å². The van der Waals surface area contributed by atoms with Crippen LogP contribution in [0.15, 0.2) is 17.1 Å². The van der Waals surface area contributed by atoms with E-state index < -0.39 is 22.8 Å². The summed E-state index contributed by atoms with van der Waals surface area (Å²) in [7, 11) is 0. The number of hydrogen-bond donors (Lipinski definition) is 3. The topological polar surface area (TPSA) is 99.4 Å². The van der Waals surface area contributed by atoms with Crippen LogP contribution >= 0.6 is 0 Å². The molecule has 7 heteroatoms. The number of nitrogens with two attached hydrogens (primary N) is 1. The number of aromatic amines is 1. The molecule has 2 atom stereocenters. The van der Waals surface area contributed by atoms with E-state index in [1.165, 1.54) is 6.20 Å². The van der Waals surface area contributed by atoms with Gasteiger partial charge in [-0.25, -0.2) is 9.18 Å². The van der Waals surface area contributed by atoms with Crippen molar-refractivity contribution in [3.63, 3.8) is 0 Å². The lowest BCUT2D eigenvalue weighted by atomic mass is 10.0. The van der Waals surface area contributed by atoms with E-state index in [1.807, 2.05) is 18.7 Å². The highest BCUT2D eigenvalue weighted by Crippen LogP contribution is 2.33. The summed E-state index contributed by atoms with van der Waals surface area (Å²) in [5, 5.41) is 9.13. The molecule has 24 heavy (non-hydrogen) atoms. The number of aromatic carboxylic acids is 1. The van der Waals surface area contributed by atoms with Gasteiger partial charge >= 0.3 is 5.97 Å². The molecule has 1 aromatic heterocycles. The number of pyridine rings is 1. The second-order valence-corrected chi connectivity index (χ2v) is 6.34. The molecule has 0 bridgehead atoms. The molecule has 1 fully saturated rings. The smallest absolute Gasteiger partial charge is 0.341 e. The molecular formula is C17H20FN3O3. The van der Waals surface area contributed by atoms with Crippen molar-refractivity contribution in [1.29, 1.82) is 0 Å². The lowest BCUT2D eigenvalue weighted by Crippen LogP contribution is -2.29. The van der Waals surface area contributed by atoms with Crippen LogP contribution in [0.5, 0.6) is 0 Å². The van der Waals surface area contributed by atoms with Crippen LogP contribution in [0, 0.1) is 11.7 Å². The van der Waals surface area contributed by atoms with Gasteiger partial charge in [-0.3, -0.25) is 4.79 Å². The fourth-order valence-electron chi connectivity index (χ4n) is 3.41. The minimum Gasteiger partial charge on any atom is -0.477 e. The van der Waals surface area contributed by atoms with Crippen molar-refractivity contribution in [2.75, 3.05) is 18.0 Å². The van der Waals surface area contributed by atoms with E-state index in [4.69, 9.17) is 10.8 Å². The molecule has 4 N–H and O–H groups in total. The third-order valence-electron chi connectivity index (χ3n) is 4.78. The molecule has 6 nitrogen and oxygen atoms in total. The molecule has 1 aliphatic heterocycles. The second-order valence-electron chi connectivity index (χ2n) is 6.34. The van der Waals surface area contributed by atoms with Crippen LogP contribution in [0.25, 0.3) is 10.9 Å². The molecule has 128 valence electrons. The first-order chi connectivity index (χ1) is 11.3. The summed E-state index contributed by atoms with van der Waals surface area (Å²) in [5.74, 6) is -1.60. The Morgan fingerprint density at radius 3 is 2.75 bits per heavy atom. The predicted molar refractivity (Wildman–Crippen MR) is 90.2 cm³/mol. The Hall–Kier alpha value is -2.41. The van der Waals surface area contributed by atoms with Gasteiger partial charge in [0.05, 0.1) is 11.2 Å². The van der Waals surface area contributed by atoms with Crippen LogP contribution in [0.2, 0.25) is 0 Å². The first kappa shape index (κ1) is 16.4. The van der Waals surface area contributed by atoms with Gasteiger partial charge in [0, 0.05) is 36.3 Å². The maximum atomic E-state index is 14.8. The molecule has 0 spiro atoms. The van der Waals surface area contributed by atoms with Gasteiger partial charge in [0.15, 0.2) is 0 Å². The fraction of sp³-hybridized carbons (Fsp3) is 0.412. The molecule has 0 aliphatic carbocycles. The van der Waals surface area contributed by atoms with Gasteiger partial charge in [0.2, 0.25) is 5.43 Å². The molecule has 2 aromatic rings. The Morgan fingerprint density at radius 1 is 1.50 bits per heavy atom. The quantitative estimate of drug-likeness (QED) is 0.794. The molecule has 3 rings (SSSR count). The summed E-state index contributed by atoms with van der Waals surface area (Å²) in [6.07, 6.45) is 1.68. The number of anilines is 1. The number of nitrogens with one attached hydrogen (secondary N) is 1. The maximum absolute atomic E-state index is 14.8. The predicted octanol–water partition coefficient (Wildman–Crippen LogP) is 1.71. The Bertz CT molecular complexity index is 867. The minimum absolute atomic E-state index is 0.0294. The molecular weight excluding hydrogens is 313 g/mol. The van der Waals surface area contributed by atoms with E-state index in [2.05, 4.69) is 4.98 Å². The molecule has 1 aliphatic rings. The summed E-state index contributed by atoms with van der Waals surface area (Å²) in [6.45, 7) is 5.10. The number of aryl methyl sites for hydroxylation is 1. The van der Waals surface area contributed by atoms with E-state index in [0.29, 0.717) is 36.3 Å². The number of hydrogen-bond acceptors (Lipinski definition) is 4. The fourth-order valence-corrected chi connectivity index (χ4v) is 3.41. The number of carboxylic acids is 1. The third kappa shape index (κ3) is 2.45. The Labute approximate surface area is 138 Å². The van der Waals surface area contributed by atoms with Crippen molar-refractivity contribution in [3.05, 3.63) is 39.4 Å². The zero-order valence-corrected chi connectivity index (χ0v) is 13.6. The van der Waals surface area contributed by atoms with Gasteiger partial charge in [-0.1, -0.05) is 13.8 Å². The normalized spacial score (nSPS) is 20.8. The van der Waals surface area contributed by atoms with Gasteiger partial charge in [-0.05, 0) is 18.4 Å². The molecule has 1 aromatic carbocycles. The summed E-state index contributed by atoms with van der Waals surface area (Å²) < 4.78 is 14.8. The van der Waals surface area contributed by atoms with Crippen LogP contribution in [0.3, 0.4) is 0 Å². The highest BCUT2D eigenvalue weighted by Gasteiger charge is 2.30. The first-order valence-electron chi connectivity index (χ1n) is 7.95. The summed E-state index contributed by atoms with van der Waals surface area (Å²) in [4.78, 5) is 28.2. The van der Waals surface area contributed by atoms with Gasteiger partial charge in [-0.15, -0.1) is 0 Å². The van der Waals surface area contributed by atoms with Crippen molar-refractivity contribution in [1.82, 2.24) is 4.98 Å². The monoisotopic (exact) mass is 333 g/mol. The number of H-pyrrole nitrogens is 1. The number of benzene rings is 1. The van der Waals surface area contributed by atoms with Crippen molar-refractivity contribution < 1.29 is 14.3 Å². The summed E-state index contributed by atoms with van der Waals surface area (Å²) in [5.41, 5.74) is 6.58. The lowest BCUT2D eigenvalue weighted by molar-refractivity contribution is 0.0695. The molecule has 0 amide bonds. The zero-order chi connectivity index (χ0) is 17.6. The number of fused-ring (bicyclic) bond motifs is 1. The van der Waals surface area contributed by atoms with Crippen LogP contribution in [-0.2, 0) is 6.42 Å². The molecule has 1 saturated heterocycles. The largest absolute Gasteiger partial charge is 0.477 e. The Morgan fingerprint density at radius 2 is 2.21 bits per heavy atom. The van der Waals surface area contributed by atoms with Crippen LogP contribution in [-0.4, -0.2) is 35.2 Å². The lowest BCUT2D eigenvalue weighted by Gasteiger charge is -2.23. The van der Waals surface area contributed by atoms with E-state index in [9.17, 15) is 14.0 Å². The number of rotatable bonds is 3. The van der Waals surface area contributed by atoms with Crippen molar-refractivity contribution >= 4 is 22.6 Å². The van der Waals surface area contributed by atoms with E-state index in [1.54, 1.807) is 0 Å². The second kappa shape index (κ2) is 5.90. The number of carboxylic acid groups (broad SMARTS) is 1. The Kier molecular flexibility index (Phi) is 4.04. The van der Waals surface area contributed by atoms with Gasteiger partial charge in [0.1, 0.15) is 11.4 Å². The standard InChI is InChI=1S/C17H20FN3O3/c1-3-9-14-10(16(22)11(5-20-14)17(23)24)4-12(18)15(9)21-6-8(2)13(19)7-21/h4-5,8,13H,3,6-7,19H2,1-2H3,(H,20,22)(H,23,24)/t8-,13+/m1/s1. The number of halogens is 1. The van der Waals surface area contributed by atoms with Gasteiger partial charge in [0.25, 0.3) is 0 Å². The van der Waals surface area contributed by atoms with Crippen molar-refractivity contribution in [2.45, 2.75) is 26.3 Å². The molecule has 2 heterocycles. The van der Waals surface area contributed by atoms with Crippen LogP contribution in [0.4, 0.5) is 10.1 Å². The highest BCUT2D eigenvalue weighted by atomic mass is 19.1. The average Bonchev–Trinajstić information content (AvgIpc) is 2.85. The van der Waals surface area contributed by atoms with Crippen molar-refractivity contribution in [2.24, 2.45) is 11.7 Å². The SMILES string of the molecule is CCc1c(N2C[C@@H](C)[C@@H](N)C2)c(F)cc2c(=O)c(C(=O)O)c[nH]c12. The first-order valence-corrected chi connectivity index (χ1v) is 7.95. The maximum Gasteiger partial charge on any atom is 0.341 e. The molecule has 0 saturated carbocycles. The van der Waals surface area contributed by atoms with E-state index in [0.717, 1.165) is 6.07 Å². The summed E-state index contributed by atoms with van der Waals surface area (Å²) in [6, 6.07) is 1.10. The van der Waals surface area contributed by atoms with Crippen LogP contribution < -0.4 is 16.1 Å². The minimum atomic E-state index is -1.33. The number of carbonyl (C=O) groups is 1. The third-order valence-corrected chi connectivity index (χ3v) is 4.78. The van der Waals surface area contributed by atoms with Gasteiger partial charge in [-0.2, -0.15) is 0 Å². The van der Waals surface area contributed by atoms with E-state index in [-0.39, 0.29) is 17.3 Å². The van der Waals surface area contributed by atoms with Crippen molar-refractivity contribution in [3.8, 4) is 0 Å². The van der Waals surface area contributed by atoms with E-state index >= 15 is 0 Å². The summed E-state index contributed by atoms with van der Waals surface area (Å²) >= 11 is 0. The number of aromatic nitrogens is 1. The molecule has 0 radical (unpaired) electrons.